The molecule has 3 aliphatic rings. The van der Waals surface area contributed by atoms with Gasteiger partial charge in [0, 0.05) is 35.0 Å². The number of aryl methyl sites for hydroxylation is 2. The zero-order valence-electron chi connectivity index (χ0n) is 19.4. The minimum absolute atomic E-state index is 0.0726. The number of allylic oxidation sites excluding steroid dienone is 2. The van der Waals surface area contributed by atoms with E-state index in [0.29, 0.717) is 6.42 Å². The quantitative estimate of drug-likeness (QED) is 0.718. The molecule has 2 aromatic rings. The van der Waals surface area contributed by atoms with E-state index in [1.165, 1.54) is 0 Å². The predicted octanol–water partition coefficient (Wildman–Crippen LogP) is 5.33. The fraction of sp³-hybridized carbons (Fsp3) is 0.423. The van der Waals surface area contributed by atoms with Crippen molar-refractivity contribution in [3.63, 3.8) is 0 Å². The number of nitrogens with zero attached hydrogens (tertiary/aromatic N) is 4. The van der Waals surface area contributed by atoms with Crippen LogP contribution in [0.1, 0.15) is 57.0 Å². The minimum atomic E-state index is -0.547. The van der Waals surface area contributed by atoms with Crippen LogP contribution in [0.4, 0.5) is 0 Å². The van der Waals surface area contributed by atoms with Crippen molar-refractivity contribution in [3.8, 4) is 11.3 Å². The van der Waals surface area contributed by atoms with Crippen molar-refractivity contribution in [3.05, 3.63) is 70.5 Å². The Labute approximate surface area is 189 Å². The topological polar surface area (TPSA) is 79.6 Å². The number of aromatic nitrogens is 2. The van der Waals surface area contributed by atoms with E-state index in [-0.39, 0.29) is 17.4 Å². The van der Waals surface area contributed by atoms with E-state index in [9.17, 15) is 4.79 Å². The molecule has 0 saturated carbocycles. The normalized spacial score (nSPS) is 25.8. The van der Waals surface area contributed by atoms with Gasteiger partial charge in [-0.1, -0.05) is 39.0 Å². The van der Waals surface area contributed by atoms with Gasteiger partial charge in [-0.3, -0.25) is 4.79 Å². The summed E-state index contributed by atoms with van der Waals surface area (Å²) in [6.45, 7) is 10.4. The van der Waals surface area contributed by atoms with E-state index in [1.54, 1.807) is 0 Å². The molecule has 2 aliphatic heterocycles. The van der Waals surface area contributed by atoms with Gasteiger partial charge >= 0.3 is 0 Å². The Morgan fingerprint density at radius 2 is 2.00 bits per heavy atom. The number of ketones is 1. The molecule has 0 radical (unpaired) electrons. The van der Waals surface area contributed by atoms with Gasteiger partial charge in [-0.15, -0.1) is 0 Å². The Balaban J connectivity index is 1.74. The monoisotopic (exact) mass is 427 g/mol. The van der Waals surface area contributed by atoms with Crippen LogP contribution in [-0.4, -0.2) is 21.9 Å². The number of carbonyl (C=O) groups excluding carboxylic acids is 1. The Kier molecular flexibility index (Phi) is 4.66. The number of fused-ring (bicyclic) bond motifs is 1. The summed E-state index contributed by atoms with van der Waals surface area (Å²) in [5.74, 6) is 0.963. The van der Waals surface area contributed by atoms with Crippen LogP contribution < -0.4 is 5.32 Å². The largest absolute Gasteiger partial charge is 0.362 e. The molecule has 2 unspecified atom stereocenters. The van der Waals surface area contributed by atoms with Gasteiger partial charge in [0.15, 0.2) is 11.9 Å². The lowest BCUT2D eigenvalue weighted by Crippen LogP contribution is -2.51. The summed E-state index contributed by atoms with van der Waals surface area (Å²) in [5, 5.41) is 12.3. The van der Waals surface area contributed by atoms with Crippen molar-refractivity contribution in [2.45, 2.75) is 65.5 Å². The van der Waals surface area contributed by atoms with E-state index in [1.807, 2.05) is 26.2 Å². The highest BCUT2D eigenvalue weighted by Crippen LogP contribution is 2.54. The van der Waals surface area contributed by atoms with Crippen LogP contribution >= 0.6 is 0 Å². The van der Waals surface area contributed by atoms with Crippen molar-refractivity contribution in [2.24, 2.45) is 15.6 Å². The van der Waals surface area contributed by atoms with Gasteiger partial charge in [0.1, 0.15) is 5.82 Å². The number of carbonyl (C=O) groups is 1. The standard InChI is InChI=1S/C26H29N5O/c1-6-26(18-9-7-8-17(10-18)23-15(2)13-27-16(3)29-23)19-14-28-31-24(19)30-20-11-25(4,5)12-21(32)22(20)26/h7-10,13-14,24,30H,6,11-12H2,1-5H3. The summed E-state index contributed by atoms with van der Waals surface area (Å²) in [6, 6.07) is 8.48. The van der Waals surface area contributed by atoms with Crippen molar-refractivity contribution in [2.75, 3.05) is 0 Å². The van der Waals surface area contributed by atoms with E-state index in [4.69, 9.17) is 4.98 Å². The van der Waals surface area contributed by atoms with Gasteiger partial charge in [-0.25, -0.2) is 9.97 Å². The Morgan fingerprint density at radius 1 is 1.19 bits per heavy atom. The lowest BCUT2D eigenvalue weighted by molar-refractivity contribution is -0.119. The molecule has 0 amide bonds. The highest BCUT2D eigenvalue weighted by Gasteiger charge is 2.52. The van der Waals surface area contributed by atoms with Gasteiger partial charge in [0.25, 0.3) is 0 Å². The first-order valence-corrected chi connectivity index (χ1v) is 11.3. The number of rotatable bonds is 3. The van der Waals surface area contributed by atoms with Gasteiger partial charge in [-0.2, -0.15) is 10.2 Å². The highest BCUT2D eigenvalue weighted by molar-refractivity contribution is 6.01. The van der Waals surface area contributed by atoms with Crippen LogP contribution in [0, 0.1) is 19.3 Å². The van der Waals surface area contributed by atoms with Crippen LogP contribution in [0.3, 0.4) is 0 Å². The summed E-state index contributed by atoms with van der Waals surface area (Å²) < 4.78 is 0. The predicted molar refractivity (Wildman–Crippen MR) is 124 cm³/mol. The van der Waals surface area contributed by atoms with Crippen molar-refractivity contribution < 1.29 is 4.79 Å². The van der Waals surface area contributed by atoms with Gasteiger partial charge in [-0.05, 0) is 49.3 Å². The van der Waals surface area contributed by atoms with Crippen LogP contribution in [0.15, 0.2) is 63.7 Å². The zero-order valence-corrected chi connectivity index (χ0v) is 19.4. The van der Waals surface area contributed by atoms with E-state index >= 15 is 0 Å². The molecule has 1 aromatic carbocycles. The molecule has 6 nitrogen and oxygen atoms in total. The summed E-state index contributed by atoms with van der Waals surface area (Å²) in [4.78, 5) is 22.7. The van der Waals surface area contributed by atoms with Crippen LogP contribution in [-0.2, 0) is 10.2 Å². The third kappa shape index (κ3) is 3.04. The zero-order chi connectivity index (χ0) is 22.7. The molecule has 0 spiro atoms. The van der Waals surface area contributed by atoms with Gasteiger partial charge in [0.2, 0.25) is 0 Å². The fourth-order valence-electron chi connectivity index (χ4n) is 5.64. The molecule has 32 heavy (non-hydrogen) atoms. The molecule has 5 rings (SSSR count). The number of Topliss-reactive ketones (excluding diaryl/α,β-unsaturated/α-hetero) is 1. The number of benzene rings is 1. The second-order valence-corrected chi connectivity index (χ2v) is 9.95. The fourth-order valence-corrected chi connectivity index (χ4v) is 5.64. The Hall–Kier alpha value is -3.15. The molecule has 164 valence electrons. The second kappa shape index (κ2) is 7.19. The molecular formula is C26H29N5O. The molecule has 2 atom stereocenters. The smallest absolute Gasteiger partial charge is 0.164 e. The summed E-state index contributed by atoms with van der Waals surface area (Å²) in [6.07, 6.45) is 5.64. The minimum Gasteiger partial charge on any atom is -0.362 e. The molecule has 1 N–H and O–H groups in total. The van der Waals surface area contributed by atoms with E-state index in [0.717, 1.165) is 57.9 Å². The molecular weight excluding hydrogens is 398 g/mol. The van der Waals surface area contributed by atoms with E-state index < -0.39 is 5.41 Å². The summed E-state index contributed by atoms with van der Waals surface area (Å²) >= 11 is 0. The van der Waals surface area contributed by atoms with Crippen molar-refractivity contribution >= 4 is 5.78 Å². The van der Waals surface area contributed by atoms with Crippen molar-refractivity contribution in [1.29, 1.82) is 0 Å². The Morgan fingerprint density at radius 3 is 2.78 bits per heavy atom. The third-order valence-electron chi connectivity index (χ3n) is 7.03. The number of azo groups is 1. The van der Waals surface area contributed by atoms with Crippen LogP contribution in [0.5, 0.6) is 0 Å². The average Bonchev–Trinajstić information content (AvgIpc) is 3.22. The number of hydrogen-bond acceptors (Lipinski definition) is 6. The molecule has 1 aliphatic carbocycles. The summed E-state index contributed by atoms with van der Waals surface area (Å²) in [7, 11) is 0. The third-order valence-corrected chi connectivity index (χ3v) is 7.03. The van der Waals surface area contributed by atoms with Crippen LogP contribution in [0.25, 0.3) is 11.3 Å². The maximum atomic E-state index is 13.6. The molecule has 0 saturated heterocycles. The van der Waals surface area contributed by atoms with Crippen LogP contribution in [0.2, 0.25) is 0 Å². The maximum Gasteiger partial charge on any atom is 0.164 e. The highest BCUT2D eigenvalue weighted by atomic mass is 16.1. The second-order valence-electron chi connectivity index (χ2n) is 9.95. The van der Waals surface area contributed by atoms with Gasteiger partial charge < -0.3 is 5.32 Å². The number of nitrogens with one attached hydrogen (secondary N) is 1. The lowest BCUT2D eigenvalue weighted by atomic mass is 9.58. The first-order chi connectivity index (χ1) is 15.2. The first-order valence-electron chi connectivity index (χ1n) is 11.3. The summed E-state index contributed by atoms with van der Waals surface area (Å²) in [5.41, 5.74) is 6.44. The molecule has 6 heteroatoms. The molecule has 0 bridgehead atoms. The molecule has 0 fully saturated rings. The van der Waals surface area contributed by atoms with Crippen molar-refractivity contribution in [1.82, 2.24) is 15.3 Å². The SMILES string of the molecule is CCC1(c2cccc(-c3nc(C)ncc3C)c2)C2=CN=NC2NC2=C1C(=O)CC(C)(C)C2. The first kappa shape index (κ1) is 20.7. The van der Waals surface area contributed by atoms with E-state index in [2.05, 4.69) is 65.6 Å². The maximum absolute atomic E-state index is 13.6. The lowest BCUT2D eigenvalue weighted by Gasteiger charge is -2.47. The molecule has 3 heterocycles. The average molecular weight is 428 g/mol. The Bertz CT molecular complexity index is 1220. The molecule has 1 aromatic heterocycles. The number of hydrogen-bond donors (Lipinski definition) is 1. The van der Waals surface area contributed by atoms with Gasteiger partial charge in [0.05, 0.1) is 17.3 Å².